The highest BCUT2D eigenvalue weighted by Gasteiger charge is 2.55. The summed E-state index contributed by atoms with van der Waals surface area (Å²) in [6.07, 6.45) is 4.28. The van der Waals surface area contributed by atoms with Gasteiger partial charge in [-0.25, -0.2) is 14.7 Å². The largest absolute Gasteiger partial charge is 0.251 e. The summed E-state index contributed by atoms with van der Waals surface area (Å²) in [5, 5.41) is 8.77. The fraction of sp³-hybridized carbons (Fsp3) is 0.750. The van der Waals surface area contributed by atoms with Crippen LogP contribution in [0.2, 0.25) is 0 Å². The van der Waals surface area contributed by atoms with Crippen LogP contribution in [0.4, 0.5) is 0 Å². The molecule has 3 aliphatic rings. The van der Waals surface area contributed by atoms with Crippen LogP contribution in [0.25, 0.3) is 0 Å². The Morgan fingerprint density at radius 3 is 2.67 bits per heavy atom. The molecule has 3 rings (SSSR count). The zero-order valence-corrected chi connectivity index (χ0v) is 7.11. The fourth-order valence-electron chi connectivity index (χ4n) is 1.59. The maximum absolute atomic E-state index is 8.77. The van der Waals surface area contributed by atoms with Gasteiger partial charge < -0.3 is 0 Å². The van der Waals surface area contributed by atoms with Crippen LogP contribution < -0.4 is 0 Å². The minimum atomic E-state index is -0.704. The highest BCUT2D eigenvalue weighted by Crippen LogP contribution is 2.43. The summed E-state index contributed by atoms with van der Waals surface area (Å²) in [6, 6.07) is 0. The van der Waals surface area contributed by atoms with E-state index in [2.05, 4.69) is 4.89 Å². The smallest absolute Gasteiger partial charge is 0.151 e. The van der Waals surface area contributed by atoms with Crippen molar-refractivity contribution < 1.29 is 19.9 Å². The van der Waals surface area contributed by atoms with Crippen LogP contribution in [-0.2, 0) is 14.7 Å². The van der Waals surface area contributed by atoms with Crippen molar-refractivity contribution in [3.05, 3.63) is 12.2 Å². The highest BCUT2D eigenvalue weighted by molar-refractivity contribution is 5.19. The van der Waals surface area contributed by atoms with E-state index in [0.717, 1.165) is 0 Å². The average molecular weight is 172 g/mol. The zero-order valence-electron chi connectivity index (χ0n) is 7.11. The molecule has 3 atom stereocenters. The van der Waals surface area contributed by atoms with Gasteiger partial charge in [0.15, 0.2) is 5.60 Å². The van der Waals surface area contributed by atoms with Gasteiger partial charge in [0.05, 0.1) is 0 Å². The van der Waals surface area contributed by atoms with Crippen molar-refractivity contribution in [2.75, 3.05) is 0 Å². The molecule has 0 radical (unpaired) electrons. The molecule has 12 heavy (non-hydrogen) atoms. The van der Waals surface area contributed by atoms with E-state index in [1.54, 1.807) is 6.92 Å². The lowest BCUT2D eigenvalue weighted by atomic mass is 9.76. The quantitative estimate of drug-likeness (QED) is 0.368. The van der Waals surface area contributed by atoms with Crippen LogP contribution in [0.5, 0.6) is 0 Å². The van der Waals surface area contributed by atoms with Gasteiger partial charge in [0.2, 0.25) is 0 Å². The molecule has 68 valence electrons. The molecule has 4 heteroatoms. The summed E-state index contributed by atoms with van der Waals surface area (Å²) >= 11 is 0. The molecular weight excluding hydrogens is 160 g/mol. The second kappa shape index (κ2) is 2.29. The van der Waals surface area contributed by atoms with E-state index >= 15 is 0 Å². The van der Waals surface area contributed by atoms with Crippen LogP contribution in [0.15, 0.2) is 12.2 Å². The predicted molar refractivity (Wildman–Crippen MR) is 40.2 cm³/mol. The first-order valence-corrected chi connectivity index (χ1v) is 3.96. The van der Waals surface area contributed by atoms with Crippen molar-refractivity contribution in [2.24, 2.45) is 0 Å². The Morgan fingerprint density at radius 2 is 2.33 bits per heavy atom. The Bertz CT molecular complexity index is 227. The molecule has 2 aliphatic heterocycles. The lowest BCUT2D eigenvalue weighted by molar-refractivity contribution is -0.471. The third-order valence-corrected chi connectivity index (χ3v) is 2.82. The molecule has 0 unspecified atom stereocenters. The molecule has 1 fully saturated rings. The number of fused-ring (bicyclic) bond motifs is 2. The van der Waals surface area contributed by atoms with Gasteiger partial charge in [-0.15, -0.1) is 0 Å². The average Bonchev–Trinajstić information content (AvgIpc) is 2.08. The first-order valence-electron chi connectivity index (χ1n) is 3.96. The molecule has 0 amide bonds. The molecular formula is C8H12O4. The third kappa shape index (κ3) is 0.863. The first-order chi connectivity index (χ1) is 5.60. The molecule has 2 bridgehead atoms. The molecule has 4 nitrogen and oxygen atoms in total. The topological polar surface area (TPSA) is 47.9 Å². The first kappa shape index (κ1) is 8.19. The summed E-state index contributed by atoms with van der Waals surface area (Å²) in [6.45, 7) is 3.61. The van der Waals surface area contributed by atoms with Crippen LogP contribution in [0, 0.1) is 0 Å². The van der Waals surface area contributed by atoms with Crippen LogP contribution in [-0.4, -0.2) is 22.6 Å². The maximum Gasteiger partial charge on any atom is 0.151 e. The van der Waals surface area contributed by atoms with Crippen molar-refractivity contribution in [3.8, 4) is 0 Å². The Hall–Kier alpha value is -0.420. The van der Waals surface area contributed by atoms with Crippen molar-refractivity contribution in [3.63, 3.8) is 0 Å². The monoisotopic (exact) mass is 172 g/mol. The van der Waals surface area contributed by atoms with Crippen molar-refractivity contribution in [1.82, 2.24) is 0 Å². The Labute approximate surface area is 70.6 Å². The van der Waals surface area contributed by atoms with Crippen LogP contribution >= 0.6 is 0 Å². The van der Waals surface area contributed by atoms with Gasteiger partial charge in [-0.2, -0.15) is 0 Å². The molecule has 0 aromatic rings. The van der Waals surface area contributed by atoms with E-state index in [1.807, 2.05) is 19.1 Å². The van der Waals surface area contributed by atoms with E-state index in [1.165, 1.54) is 0 Å². The molecule has 0 spiro atoms. The summed E-state index contributed by atoms with van der Waals surface area (Å²) < 4.78 is 0. The second-order valence-corrected chi connectivity index (χ2v) is 3.71. The molecule has 1 saturated heterocycles. The van der Waals surface area contributed by atoms with E-state index in [0.29, 0.717) is 6.42 Å². The minimum absolute atomic E-state index is 0.107. The highest BCUT2D eigenvalue weighted by atomic mass is 17.2. The molecule has 0 aromatic carbocycles. The van der Waals surface area contributed by atoms with E-state index in [4.69, 9.17) is 15.0 Å². The second-order valence-electron chi connectivity index (χ2n) is 3.71. The summed E-state index contributed by atoms with van der Waals surface area (Å²) in [4.78, 5) is 14.6. The van der Waals surface area contributed by atoms with Gasteiger partial charge in [0, 0.05) is 6.42 Å². The minimum Gasteiger partial charge on any atom is -0.251 e. The standard InChI is InChI=1S/C8H12O4/c1-7-4-3-6(10-12-7)5-8(7,2)11-9/h3-4,6,9H,5H2,1-2H3/t6-,7+,8-/m0/s1. The van der Waals surface area contributed by atoms with Crippen LogP contribution in [0.1, 0.15) is 20.3 Å². The number of hydrogen-bond acceptors (Lipinski definition) is 4. The molecule has 0 aromatic heterocycles. The Morgan fingerprint density at radius 1 is 1.58 bits per heavy atom. The van der Waals surface area contributed by atoms with Gasteiger partial charge in [0.25, 0.3) is 0 Å². The number of rotatable bonds is 1. The van der Waals surface area contributed by atoms with Gasteiger partial charge >= 0.3 is 0 Å². The van der Waals surface area contributed by atoms with E-state index < -0.39 is 11.2 Å². The summed E-state index contributed by atoms with van der Waals surface area (Å²) in [5.74, 6) is 0. The van der Waals surface area contributed by atoms with Gasteiger partial charge in [0.1, 0.15) is 11.7 Å². The molecule has 0 saturated carbocycles. The molecule has 1 aliphatic carbocycles. The fourth-order valence-corrected chi connectivity index (χ4v) is 1.59. The normalized spacial score (nSPS) is 51.4. The van der Waals surface area contributed by atoms with Crippen molar-refractivity contribution in [1.29, 1.82) is 0 Å². The predicted octanol–water partition coefficient (Wildman–Crippen LogP) is 1.28. The maximum atomic E-state index is 8.77. The van der Waals surface area contributed by atoms with Crippen molar-refractivity contribution in [2.45, 2.75) is 37.6 Å². The molecule has 1 N–H and O–H groups in total. The lowest BCUT2D eigenvalue weighted by Crippen LogP contribution is -2.60. The van der Waals surface area contributed by atoms with Crippen molar-refractivity contribution >= 4 is 0 Å². The van der Waals surface area contributed by atoms with Gasteiger partial charge in [-0.1, -0.05) is 6.08 Å². The Kier molecular flexibility index (Phi) is 1.56. The third-order valence-electron chi connectivity index (χ3n) is 2.82. The summed E-state index contributed by atoms with van der Waals surface area (Å²) in [7, 11) is 0. The lowest BCUT2D eigenvalue weighted by Gasteiger charge is -2.48. The van der Waals surface area contributed by atoms with Crippen LogP contribution in [0.3, 0.4) is 0 Å². The van der Waals surface area contributed by atoms with E-state index in [-0.39, 0.29) is 6.10 Å². The summed E-state index contributed by atoms with van der Waals surface area (Å²) in [5.41, 5.74) is -1.39. The van der Waals surface area contributed by atoms with E-state index in [9.17, 15) is 0 Å². The molecule has 2 heterocycles. The zero-order chi connectivity index (χ0) is 8.82. The van der Waals surface area contributed by atoms with Gasteiger partial charge in [-0.05, 0) is 19.9 Å². The number of hydrogen-bond donors (Lipinski definition) is 1. The van der Waals surface area contributed by atoms with Gasteiger partial charge in [-0.3, -0.25) is 5.26 Å². The Balaban J connectivity index is 2.36. The SMILES string of the molecule is C[C@@]12C=C[C@@H](C[C@]1(C)OO)OO2.